The molecule has 1 aromatic carbocycles. The van der Waals surface area contributed by atoms with Gasteiger partial charge >= 0.3 is 0 Å². The van der Waals surface area contributed by atoms with Crippen LogP contribution in [0.15, 0.2) is 39.5 Å². The minimum absolute atomic E-state index is 0.0435. The number of hydrogen-bond acceptors (Lipinski definition) is 3. The van der Waals surface area contributed by atoms with Gasteiger partial charge in [-0.15, -0.1) is 0 Å². The van der Waals surface area contributed by atoms with Crippen LogP contribution < -0.4 is 4.74 Å². The maximum Gasteiger partial charge on any atom is 0.127 e. The fourth-order valence-electron chi connectivity index (χ4n) is 2.08. The molecule has 3 rings (SSSR count). The summed E-state index contributed by atoms with van der Waals surface area (Å²) in [6.45, 7) is 0. The highest BCUT2D eigenvalue weighted by molar-refractivity contribution is 9.10. The van der Waals surface area contributed by atoms with Crippen molar-refractivity contribution in [1.82, 2.24) is 0 Å². The molecule has 0 saturated heterocycles. The lowest BCUT2D eigenvalue weighted by Gasteiger charge is -2.29. The van der Waals surface area contributed by atoms with Crippen molar-refractivity contribution in [3.8, 4) is 5.75 Å². The predicted molar refractivity (Wildman–Crippen MR) is 71.4 cm³/mol. The van der Waals surface area contributed by atoms with Gasteiger partial charge in [-0.1, -0.05) is 22.0 Å². The predicted octanol–water partition coefficient (Wildman–Crippen LogP) is 4.07. The SMILES string of the molecule is OC1CC(c2ccsc2)Oc2cc(Br)ccc21. The lowest BCUT2D eigenvalue weighted by Crippen LogP contribution is -2.18. The molecule has 2 nitrogen and oxygen atoms in total. The first-order valence-corrected chi connectivity index (χ1v) is 7.14. The molecule has 0 saturated carbocycles. The van der Waals surface area contributed by atoms with E-state index in [2.05, 4.69) is 21.3 Å². The lowest BCUT2D eigenvalue weighted by atomic mass is 9.96. The molecule has 0 radical (unpaired) electrons. The molecule has 4 heteroatoms. The van der Waals surface area contributed by atoms with Crippen molar-refractivity contribution in [2.75, 3.05) is 0 Å². The first-order chi connectivity index (χ1) is 8.24. The van der Waals surface area contributed by atoms with E-state index in [0.717, 1.165) is 21.3 Å². The largest absolute Gasteiger partial charge is 0.485 e. The van der Waals surface area contributed by atoms with Crippen molar-refractivity contribution in [3.63, 3.8) is 0 Å². The third-order valence-corrected chi connectivity index (χ3v) is 4.15. The summed E-state index contributed by atoms with van der Waals surface area (Å²) >= 11 is 5.07. The summed E-state index contributed by atoms with van der Waals surface area (Å²) in [6, 6.07) is 7.80. The van der Waals surface area contributed by atoms with Gasteiger partial charge in [0.25, 0.3) is 0 Å². The smallest absolute Gasteiger partial charge is 0.127 e. The monoisotopic (exact) mass is 310 g/mol. The van der Waals surface area contributed by atoms with Gasteiger partial charge in [0, 0.05) is 22.0 Å². The van der Waals surface area contributed by atoms with Crippen molar-refractivity contribution >= 4 is 27.3 Å². The number of aliphatic hydroxyl groups excluding tert-OH is 1. The van der Waals surface area contributed by atoms with Crippen LogP contribution >= 0.6 is 27.3 Å². The molecule has 1 aliphatic heterocycles. The van der Waals surface area contributed by atoms with Gasteiger partial charge < -0.3 is 9.84 Å². The standard InChI is InChI=1S/C13H11BrO2S/c14-9-1-2-10-11(15)6-12(16-13(10)5-9)8-3-4-17-7-8/h1-5,7,11-12,15H,6H2. The Labute approximate surface area is 112 Å². The molecular weight excluding hydrogens is 300 g/mol. The summed E-state index contributed by atoms with van der Waals surface area (Å²) in [5.74, 6) is 0.773. The molecule has 0 aliphatic carbocycles. The Bertz CT molecular complexity index is 524. The Morgan fingerprint density at radius 1 is 1.35 bits per heavy atom. The Morgan fingerprint density at radius 3 is 3.00 bits per heavy atom. The molecule has 88 valence electrons. The summed E-state index contributed by atoms with van der Waals surface area (Å²) in [5.41, 5.74) is 2.01. The Balaban J connectivity index is 1.97. The Morgan fingerprint density at radius 2 is 2.24 bits per heavy atom. The molecular formula is C13H11BrO2S. The molecule has 1 N–H and O–H groups in total. The van der Waals surface area contributed by atoms with Crippen molar-refractivity contribution in [2.45, 2.75) is 18.6 Å². The van der Waals surface area contributed by atoms with Gasteiger partial charge in [0.1, 0.15) is 11.9 Å². The van der Waals surface area contributed by atoms with E-state index in [4.69, 9.17) is 4.74 Å². The van der Waals surface area contributed by atoms with Crippen LogP contribution in [0.25, 0.3) is 0 Å². The highest BCUT2D eigenvalue weighted by Crippen LogP contribution is 2.42. The summed E-state index contributed by atoms with van der Waals surface area (Å²) < 4.78 is 6.91. The highest BCUT2D eigenvalue weighted by Gasteiger charge is 2.28. The van der Waals surface area contributed by atoms with Crippen LogP contribution in [0.1, 0.15) is 29.8 Å². The highest BCUT2D eigenvalue weighted by atomic mass is 79.9. The first kappa shape index (κ1) is 11.3. The summed E-state index contributed by atoms with van der Waals surface area (Å²) in [6.07, 6.45) is 0.126. The van der Waals surface area contributed by atoms with E-state index in [1.807, 2.05) is 29.6 Å². The number of ether oxygens (including phenoxy) is 1. The zero-order valence-electron chi connectivity index (χ0n) is 8.97. The molecule has 2 atom stereocenters. The van der Waals surface area contributed by atoms with Crippen molar-refractivity contribution in [3.05, 3.63) is 50.6 Å². The number of benzene rings is 1. The molecule has 2 unspecified atom stereocenters. The fourth-order valence-corrected chi connectivity index (χ4v) is 3.12. The molecule has 0 bridgehead atoms. The average Bonchev–Trinajstić information content (AvgIpc) is 2.81. The molecule has 0 fully saturated rings. The van der Waals surface area contributed by atoms with Crippen LogP contribution in [0.2, 0.25) is 0 Å². The number of rotatable bonds is 1. The van der Waals surface area contributed by atoms with E-state index in [-0.39, 0.29) is 6.10 Å². The van der Waals surface area contributed by atoms with Crippen LogP contribution in [-0.2, 0) is 0 Å². The van der Waals surface area contributed by atoms with Crippen LogP contribution in [0.3, 0.4) is 0 Å². The van der Waals surface area contributed by atoms with Gasteiger partial charge in [-0.3, -0.25) is 0 Å². The first-order valence-electron chi connectivity index (χ1n) is 5.40. The minimum atomic E-state index is -0.447. The lowest BCUT2D eigenvalue weighted by molar-refractivity contribution is 0.0659. The van der Waals surface area contributed by atoms with Crippen molar-refractivity contribution < 1.29 is 9.84 Å². The normalized spacial score (nSPS) is 22.9. The fraction of sp³-hybridized carbons (Fsp3) is 0.231. The Hall–Kier alpha value is -0.840. The van der Waals surface area contributed by atoms with Crippen LogP contribution in [-0.4, -0.2) is 5.11 Å². The van der Waals surface area contributed by atoms with Gasteiger partial charge in [-0.05, 0) is 29.0 Å². The number of fused-ring (bicyclic) bond motifs is 1. The van der Waals surface area contributed by atoms with Gasteiger partial charge in [-0.25, -0.2) is 0 Å². The zero-order chi connectivity index (χ0) is 11.8. The number of hydrogen-bond donors (Lipinski definition) is 1. The molecule has 1 aliphatic rings. The Kier molecular flexibility index (Phi) is 2.94. The molecule has 0 spiro atoms. The summed E-state index contributed by atoms with van der Waals surface area (Å²) in [7, 11) is 0. The quantitative estimate of drug-likeness (QED) is 0.860. The van der Waals surface area contributed by atoms with Crippen LogP contribution in [0.5, 0.6) is 5.75 Å². The maximum atomic E-state index is 10.1. The molecule has 2 aromatic rings. The minimum Gasteiger partial charge on any atom is -0.485 e. The van der Waals surface area contributed by atoms with E-state index in [0.29, 0.717) is 6.42 Å². The summed E-state index contributed by atoms with van der Waals surface area (Å²) in [4.78, 5) is 0. The van der Waals surface area contributed by atoms with E-state index < -0.39 is 6.10 Å². The number of halogens is 1. The van der Waals surface area contributed by atoms with E-state index in [9.17, 15) is 5.11 Å². The van der Waals surface area contributed by atoms with Crippen LogP contribution in [0.4, 0.5) is 0 Å². The van der Waals surface area contributed by atoms with Gasteiger partial charge in [-0.2, -0.15) is 11.3 Å². The molecule has 17 heavy (non-hydrogen) atoms. The van der Waals surface area contributed by atoms with Crippen molar-refractivity contribution in [1.29, 1.82) is 0 Å². The maximum absolute atomic E-state index is 10.1. The van der Waals surface area contributed by atoms with E-state index in [1.54, 1.807) is 11.3 Å². The topological polar surface area (TPSA) is 29.5 Å². The van der Waals surface area contributed by atoms with Gasteiger partial charge in [0.2, 0.25) is 0 Å². The van der Waals surface area contributed by atoms with E-state index in [1.165, 1.54) is 0 Å². The third-order valence-electron chi connectivity index (χ3n) is 2.96. The summed E-state index contributed by atoms with van der Waals surface area (Å²) in [5, 5.41) is 14.2. The number of thiophene rings is 1. The van der Waals surface area contributed by atoms with Gasteiger partial charge in [0.15, 0.2) is 0 Å². The molecule has 0 amide bonds. The molecule has 1 aromatic heterocycles. The van der Waals surface area contributed by atoms with E-state index >= 15 is 0 Å². The second-order valence-corrected chi connectivity index (χ2v) is 5.79. The van der Waals surface area contributed by atoms with Crippen molar-refractivity contribution in [2.24, 2.45) is 0 Å². The second-order valence-electron chi connectivity index (χ2n) is 4.10. The zero-order valence-corrected chi connectivity index (χ0v) is 11.4. The van der Waals surface area contributed by atoms with Gasteiger partial charge in [0.05, 0.1) is 6.10 Å². The number of aliphatic hydroxyl groups is 1. The molecule has 2 heterocycles. The second kappa shape index (κ2) is 4.44. The third kappa shape index (κ3) is 2.12. The van der Waals surface area contributed by atoms with Crippen LogP contribution in [0, 0.1) is 0 Å². The average molecular weight is 311 g/mol.